The minimum Gasteiger partial charge on any atom is -0.370 e. The van der Waals surface area contributed by atoms with Crippen molar-refractivity contribution in [3.05, 3.63) is 41.7 Å². The van der Waals surface area contributed by atoms with Crippen molar-refractivity contribution in [3.63, 3.8) is 0 Å². The van der Waals surface area contributed by atoms with Crippen molar-refractivity contribution < 1.29 is 4.79 Å². The molecule has 2 heteroatoms. The molecule has 0 aromatic rings. The Kier molecular flexibility index (Phi) is 3.12. The largest absolute Gasteiger partial charge is 0.370 e. The van der Waals surface area contributed by atoms with Gasteiger partial charge in [-0.25, -0.2) is 0 Å². The van der Waals surface area contributed by atoms with Gasteiger partial charge in [-0.05, 0) is 18.1 Å². The van der Waals surface area contributed by atoms with Gasteiger partial charge < -0.3 is 5.73 Å². The smallest absolute Gasteiger partial charge is 0.217 e. The van der Waals surface area contributed by atoms with Crippen molar-refractivity contribution in [1.29, 1.82) is 0 Å². The maximum Gasteiger partial charge on any atom is 0.217 e. The van der Waals surface area contributed by atoms with Gasteiger partial charge in [0.15, 0.2) is 0 Å². The lowest BCUT2D eigenvalue weighted by atomic mass is 10.1. The summed E-state index contributed by atoms with van der Waals surface area (Å²) in [6.07, 6.45) is 10.6. The van der Waals surface area contributed by atoms with Gasteiger partial charge in [0.2, 0.25) is 5.91 Å². The molecule has 0 aliphatic heterocycles. The molecule has 0 aromatic heterocycles. The minimum atomic E-state index is -0.269. The topological polar surface area (TPSA) is 43.1 Å². The first-order chi connectivity index (χ1) is 5.79. The summed E-state index contributed by atoms with van der Waals surface area (Å²) < 4.78 is 0. The molecule has 0 atom stereocenters. The van der Waals surface area contributed by atoms with Crippen LogP contribution in [0.25, 0.3) is 0 Å². The van der Waals surface area contributed by atoms with Crippen LogP contribution < -0.4 is 5.73 Å². The van der Waals surface area contributed by atoms with Crippen LogP contribution in [0.5, 0.6) is 0 Å². The zero-order valence-corrected chi connectivity index (χ0v) is 6.79. The van der Waals surface area contributed by atoms with Crippen LogP contribution in [0.2, 0.25) is 0 Å². The average molecular weight is 161 g/mol. The van der Waals surface area contributed by atoms with E-state index in [1.807, 2.05) is 30.4 Å². The highest BCUT2D eigenvalue weighted by molar-refractivity contribution is 5.74. The molecule has 1 aliphatic carbocycles. The summed E-state index contributed by atoms with van der Waals surface area (Å²) in [7, 11) is 0. The van der Waals surface area contributed by atoms with Crippen LogP contribution >= 0.6 is 0 Å². The van der Waals surface area contributed by atoms with E-state index in [0.717, 1.165) is 5.57 Å². The van der Waals surface area contributed by atoms with E-state index in [1.165, 1.54) is 0 Å². The number of hydrogen-bond donors (Lipinski definition) is 1. The first-order valence-corrected chi connectivity index (χ1v) is 3.86. The Morgan fingerprint density at radius 1 is 1.42 bits per heavy atom. The number of carbonyl (C=O) groups is 1. The SMILES string of the molecule is NC(=O)CCC1=C=CC=CC=C1. The monoisotopic (exact) mass is 161 g/mol. The van der Waals surface area contributed by atoms with Crippen LogP contribution in [0.4, 0.5) is 0 Å². The molecule has 1 aliphatic rings. The number of nitrogens with two attached hydrogens (primary N) is 1. The van der Waals surface area contributed by atoms with E-state index in [-0.39, 0.29) is 5.91 Å². The van der Waals surface area contributed by atoms with Crippen LogP contribution in [-0.4, -0.2) is 5.91 Å². The average Bonchev–Trinajstić information content (AvgIpc) is 2.28. The second kappa shape index (κ2) is 4.37. The van der Waals surface area contributed by atoms with Crippen LogP contribution in [0.3, 0.4) is 0 Å². The predicted molar refractivity (Wildman–Crippen MR) is 48.3 cm³/mol. The normalized spacial score (nSPS) is 14.2. The van der Waals surface area contributed by atoms with E-state index in [0.29, 0.717) is 12.8 Å². The van der Waals surface area contributed by atoms with Crippen LogP contribution in [0.15, 0.2) is 41.7 Å². The molecule has 1 rings (SSSR count). The highest BCUT2D eigenvalue weighted by atomic mass is 16.1. The molecule has 0 unspecified atom stereocenters. The molecule has 0 spiro atoms. The molecule has 0 fully saturated rings. The standard InChI is InChI=1S/C10H11NO/c11-10(12)8-7-9-5-3-1-2-4-6-9/h1-5H,7-8H2,(H2,11,12). The van der Waals surface area contributed by atoms with Crippen molar-refractivity contribution >= 4 is 5.91 Å². The van der Waals surface area contributed by atoms with E-state index < -0.39 is 0 Å². The van der Waals surface area contributed by atoms with Gasteiger partial charge in [-0.2, -0.15) is 0 Å². The van der Waals surface area contributed by atoms with Crippen LogP contribution in [0, 0.1) is 0 Å². The van der Waals surface area contributed by atoms with E-state index in [9.17, 15) is 4.79 Å². The van der Waals surface area contributed by atoms with Crippen molar-refractivity contribution in [3.8, 4) is 0 Å². The molecule has 0 heterocycles. The van der Waals surface area contributed by atoms with Gasteiger partial charge in [0.25, 0.3) is 0 Å². The summed E-state index contributed by atoms with van der Waals surface area (Å²) in [6, 6.07) is 0. The van der Waals surface area contributed by atoms with Crippen molar-refractivity contribution in [2.75, 3.05) is 0 Å². The van der Waals surface area contributed by atoms with Crippen molar-refractivity contribution in [2.24, 2.45) is 5.73 Å². The van der Waals surface area contributed by atoms with Gasteiger partial charge in [-0.1, -0.05) is 24.3 Å². The molecule has 0 saturated carbocycles. The number of carbonyl (C=O) groups excluding carboxylic acids is 1. The number of rotatable bonds is 3. The highest BCUT2D eigenvalue weighted by Gasteiger charge is 1.96. The summed E-state index contributed by atoms with van der Waals surface area (Å²) in [4.78, 5) is 10.5. The Labute approximate surface area is 71.8 Å². The van der Waals surface area contributed by atoms with E-state index >= 15 is 0 Å². The Bertz CT molecular complexity index is 291. The maximum atomic E-state index is 10.5. The van der Waals surface area contributed by atoms with Crippen LogP contribution in [0.1, 0.15) is 12.8 Å². The lowest BCUT2D eigenvalue weighted by molar-refractivity contribution is -0.117. The molecule has 12 heavy (non-hydrogen) atoms. The van der Waals surface area contributed by atoms with Gasteiger partial charge in [-0.3, -0.25) is 4.79 Å². The second-order valence-electron chi connectivity index (χ2n) is 2.55. The fourth-order valence-electron chi connectivity index (χ4n) is 0.908. The van der Waals surface area contributed by atoms with E-state index in [2.05, 4.69) is 5.73 Å². The van der Waals surface area contributed by atoms with E-state index in [1.54, 1.807) is 0 Å². The quantitative estimate of drug-likeness (QED) is 0.625. The van der Waals surface area contributed by atoms with Gasteiger partial charge >= 0.3 is 0 Å². The highest BCUT2D eigenvalue weighted by Crippen LogP contribution is 2.06. The number of amides is 1. The summed E-state index contributed by atoms with van der Waals surface area (Å²) in [5.41, 5.74) is 9.08. The second-order valence-corrected chi connectivity index (χ2v) is 2.55. The fraction of sp³-hybridized carbons (Fsp3) is 0.200. The van der Waals surface area contributed by atoms with Gasteiger partial charge in [0.05, 0.1) is 0 Å². The number of hydrogen-bond acceptors (Lipinski definition) is 1. The third kappa shape index (κ3) is 3.04. The Morgan fingerprint density at radius 3 is 3.00 bits per heavy atom. The fourth-order valence-corrected chi connectivity index (χ4v) is 0.908. The first-order valence-electron chi connectivity index (χ1n) is 3.86. The lowest BCUT2D eigenvalue weighted by Crippen LogP contribution is -2.09. The summed E-state index contributed by atoms with van der Waals surface area (Å²) in [5.74, 6) is -0.269. The Morgan fingerprint density at radius 2 is 2.25 bits per heavy atom. The van der Waals surface area contributed by atoms with Crippen molar-refractivity contribution in [1.82, 2.24) is 0 Å². The molecule has 0 aromatic carbocycles. The third-order valence-corrected chi connectivity index (χ3v) is 1.53. The zero-order valence-electron chi connectivity index (χ0n) is 6.79. The van der Waals surface area contributed by atoms with Crippen LogP contribution in [-0.2, 0) is 4.79 Å². The van der Waals surface area contributed by atoms with E-state index in [4.69, 9.17) is 5.73 Å². The molecular formula is C10H11NO. The van der Waals surface area contributed by atoms with Gasteiger partial charge in [0.1, 0.15) is 0 Å². The maximum absolute atomic E-state index is 10.5. The van der Waals surface area contributed by atoms with Gasteiger partial charge in [-0.15, -0.1) is 5.73 Å². The number of allylic oxidation sites excluding steroid dienone is 5. The molecule has 62 valence electrons. The summed E-state index contributed by atoms with van der Waals surface area (Å²) >= 11 is 0. The lowest BCUT2D eigenvalue weighted by Gasteiger charge is -1.94. The Hall–Kier alpha value is -1.53. The summed E-state index contributed by atoms with van der Waals surface area (Å²) in [6.45, 7) is 0. The Balaban J connectivity index is 2.53. The molecule has 2 nitrogen and oxygen atoms in total. The molecule has 0 saturated heterocycles. The van der Waals surface area contributed by atoms with Gasteiger partial charge in [0, 0.05) is 6.42 Å². The number of primary amides is 1. The zero-order chi connectivity index (χ0) is 8.81. The van der Waals surface area contributed by atoms with Crippen molar-refractivity contribution in [2.45, 2.75) is 12.8 Å². The summed E-state index contributed by atoms with van der Waals surface area (Å²) in [5, 5.41) is 0. The molecule has 0 radical (unpaired) electrons. The first kappa shape index (κ1) is 8.57. The minimum absolute atomic E-state index is 0.269. The molecule has 1 amide bonds. The third-order valence-electron chi connectivity index (χ3n) is 1.53. The molecule has 0 bridgehead atoms. The molecular weight excluding hydrogens is 150 g/mol. The molecule has 2 N–H and O–H groups in total. The predicted octanol–water partition coefficient (Wildman–Crippen LogP) is 1.46.